The summed E-state index contributed by atoms with van der Waals surface area (Å²) >= 11 is 0. The van der Waals surface area contributed by atoms with Crippen molar-refractivity contribution in [2.24, 2.45) is 0 Å². The second kappa shape index (κ2) is 8.58. The van der Waals surface area contributed by atoms with Gasteiger partial charge in [-0.3, -0.25) is 0 Å². The molecule has 0 spiro atoms. The molecular formula is C27H27NO2. The molecule has 1 saturated heterocycles. The fourth-order valence-electron chi connectivity index (χ4n) is 4.43. The number of carbonyl (C=O) groups excluding carboxylic acids is 1. The summed E-state index contributed by atoms with van der Waals surface area (Å²) in [6.07, 6.45) is 1.75. The molecule has 1 atom stereocenters. The van der Waals surface area contributed by atoms with Crippen LogP contribution in [-0.4, -0.2) is 18.0 Å². The van der Waals surface area contributed by atoms with Gasteiger partial charge in [0.05, 0.1) is 18.2 Å². The highest BCUT2D eigenvalue weighted by Gasteiger charge is 2.42. The van der Waals surface area contributed by atoms with Crippen LogP contribution >= 0.6 is 0 Å². The predicted molar refractivity (Wildman–Crippen MR) is 120 cm³/mol. The molecule has 3 heteroatoms. The molecule has 1 fully saturated rings. The van der Waals surface area contributed by atoms with E-state index in [9.17, 15) is 4.79 Å². The number of hydrogen-bond donors (Lipinski definition) is 0. The molecule has 3 aromatic carbocycles. The average Bonchev–Trinajstić information content (AvgIpc) is 3.13. The number of rotatable bonds is 5. The van der Waals surface area contributed by atoms with Gasteiger partial charge in [-0.25, -0.2) is 4.79 Å². The van der Waals surface area contributed by atoms with Gasteiger partial charge in [0.25, 0.3) is 0 Å². The Kier molecular flexibility index (Phi) is 5.71. The highest BCUT2D eigenvalue weighted by atomic mass is 16.5. The van der Waals surface area contributed by atoms with Crippen LogP contribution in [0, 0.1) is 0 Å². The lowest BCUT2D eigenvalue weighted by molar-refractivity contribution is -0.133. The molecule has 3 nitrogen and oxygen atoms in total. The Morgan fingerprint density at radius 1 is 0.900 bits per heavy atom. The number of benzene rings is 3. The summed E-state index contributed by atoms with van der Waals surface area (Å²) in [6, 6.07) is 30.9. The first-order valence-corrected chi connectivity index (χ1v) is 10.4. The number of esters is 1. The summed E-state index contributed by atoms with van der Waals surface area (Å²) in [4.78, 5) is 15.3. The molecule has 4 rings (SSSR count). The number of carbonyl (C=O) groups is 1. The maximum absolute atomic E-state index is 12.9. The molecule has 0 amide bonds. The summed E-state index contributed by atoms with van der Waals surface area (Å²) < 4.78 is 5.23. The van der Waals surface area contributed by atoms with Gasteiger partial charge in [-0.2, -0.15) is 0 Å². The van der Waals surface area contributed by atoms with Crippen molar-refractivity contribution in [3.05, 3.63) is 113 Å². The number of hydrogen-bond acceptors (Lipinski definition) is 3. The minimum Gasteiger partial charge on any atom is -0.465 e. The monoisotopic (exact) mass is 397 g/mol. The van der Waals surface area contributed by atoms with Crippen LogP contribution < -0.4 is 0 Å². The van der Waals surface area contributed by atoms with E-state index < -0.39 is 0 Å². The topological polar surface area (TPSA) is 29.5 Å². The number of ether oxygens (including phenoxy) is 1. The van der Waals surface area contributed by atoms with Crippen molar-refractivity contribution in [3.8, 4) is 0 Å². The highest BCUT2D eigenvalue weighted by molar-refractivity contribution is 6.17. The molecule has 0 N–H and O–H groups in total. The Bertz CT molecular complexity index is 1030. The Balaban J connectivity index is 1.89. The molecule has 1 aliphatic rings. The van der Waals surface area contributed by atoms with Gasteiger partial charge in [-0.15, -0.1) is 0 Å². The fourth-order valence-corrected chi connectivity index (χ4v) is 4.43. The zero-order valence-electron chi connectivity index (χ0n) is 17.5. The van der Waals surface area contributed by atoms with E-state index in [0.29, 0.717) is 5.57 Å². The first-order chi connectivity index (χ1) is 14.6. The SMILES string of the molecule is COC(=O)/C(=C1\CC[C@@](C)(c2ccccc2)N1Cc1ccccc1)c1ccccc1. The molecule has 1 heterocycles. The molecule has 3 aromatic rings. The third-order valence-electron chi connectivity index (χ3n) is 6.09. The second-order valence-corrected chi connectivity index (χ2v) is 7.89. The van der Waals surface area contributed by atoms with Crippen molar-refractivity contribution in [2.75, 3.05) is 7.11 Å². The minimum absolute atomic E-state index is 0.208. The highest BCUT2D eigenvalue weighted by Crippen LogP contribution is 2.47. The first kappa shape index (κ1) is 20.0. The van der Waals surface area contributed by atoms with E-state index in [2.05, 4.69) is 60.4 Å². The Morgan fingerprint density at radius 2 is 1.47 bits per heavy atom. The minimum atomic E-state index is -0.286. The quantitative estimate of drug-likeness (QED) is 0.404. The van der Waals surface area contributed by atoms with Crippen LogP contribution in [0.5, 0.6) is 0 Å². The predicted octanol–water partition coefficient (Wildman–Crippen LogP) is 5.78. The Morgan fingerprint density at radius 3 is 2.07 bits per heavy atom. The molecule has 0 unspecified atom stereocenters. The van der Waals surface area contributed by atoms with Gasteiger partial charge in [-0.1, -0.05) is 91.0 Å². The first-order valence-electron chi connectivity index (χ1n) is 10.4. The van der Waals surface area contributed by atoms with Gasteiger partial charge in [-0.05, 0) is 36.5 Å². The summed E-state index contributed by atoms with van der Waals surface area (Å²) in [5.41, 5.74) is 4.87. The van der Waals surface area contributed by atoms with E-state index >= 15 is 0 Å². The maximum atomic E-state index is 12.9. The van der Waals surface area contributed by atoms with Crippen molar-refractivity contribution < 1.29 is 9.53 Å². The van der Waals surface area contributed by atoms with Gasteiger partial charge in [0, 0.05) is 12.2 Å². The number of likely N-dealkylation sites (tertiary alicyclic amines) is 1. The van der Waals surface area contributed by atoms with Crippen molar-refractivity contribution in [1.29, 1.82) is 0 Å². The van der Waals surface area contributed by atoms with Gasteiger partial charge in [0.1, 0.15) is 0 Å². The van der Waals surface area contributed by atoms with E-state index in [0.717, 1.165) is 30.6 Å². The summed E-state index contributed by atoms with van der Waals surface area (Å²) in [7, 11) is 1.46. The van der Waals surface area contributed by atoms with Crippen LogP contribution in [0.4, 0.5) is 0 Å². The van der Waals surface area contributed by atoms with Crippen LogP contribution in [0.3, 0.4) is 0 Å². The molecular weight excluding hydrogens is 370 g/mol. The van der Waals surface area contributed by atoms with Crippen LogP contribution in [0.1, 0.15) is 36.5 Å². The van der Waals surface area contributed by atoms with E-state index in [-0.39, 0.29) is 11.5 Å². The number of nitrogens with zero attached hydrogens (tertiary/aromatic N) is 1. The molecule has 1 aliphatic heterocycles. The van der Waals surface area contributed by atoms with Crippen LogP contribution in [-0.2, 0) is 21.6 Å². The van der Waals surface area contributed by atoms with E-state index in [4.69, 9.17) is 4.74 Å². The summed E-state index contributed by atoms with van der Waals surface area (Å²) in [5.74, 6) is -0.286. The summed E-state index contributed by atoms with van der Waals surface area (Å²) in [6.45, 7) is 3.01. The van der Waals surface area contributed by atoms with E-state index in [1.54, 1.807) is 0 Å². The zero-order valence-corrected chi connectivity index (χ0v) is 17.5. The van der Waals surface area contributed by atoms with Gasteiger partial charge < -0.3 is 9.64 Å². The van der Waals surface area contributed by atoms with Gasteiger partial charge in [0.2, 0.25) is 0 Å². The molecule has 30 heavy (non-hydrogen) atoms. The lowest BCUT2D eigenvalue weighted by Crippen LogP contribution is -2.38. The third kappa shape index (κ3) is 3.76. The van der Waals surface area contributed by atoms with Crippen molar-refractivity contribution in [2.45, 2.75) is 31.8 Å². The lowest BCUT2D eigenvalue weighted by Gasteiger charge is -2.39. The average molecular weight is 398 g/mol. The molecule has 0 radical (unpaired) electrons. The smallest absolute Gasteiger partial charge is 0.340 e. The normalized spacial score (nSPS) is 20.1. The second-order valence-electron chi connectivity index (χ2n) is 7.89. The number of methoxy groups -OCH3 is 1. The van der Waals surface area contributed by atoms with Crippen LogP contribution in [0.15, 0.2) is 96.7 Å². The van der Waals surface area contributed by atoms with Gasteiger partial charge in [0.15, 0.2) is 0 Å². The Labute approximate surface area is 178 Å². The van der Waals surface area contributed by atoms with Gasteiger partial charge >= 0.3 is 5.97 Å². The lowest BCUT2D eigenvalue weighted by atomic mass is 9.89. The van der Waals surface area contributed by atoms with Crippen LogP contribution in [0.2, 0.25) is 0 Å². The van der Waals surface area contributed by atoms with E-state index in [1.165, 1.54) is 18.2 Å². The largest absolute Gasteiger partial charge is 0.465 e. The Hall–Kier alpha value is -3.33. The molecule has 0 bridgehead atoms. The standard InChI is InChI=1S/C27H27NO2/c1-27(23-16-10-5-11-17-23)19-18-24(28(27)20-21-12-6-3-7-13-21)25(26(29)30-2)22-14-8-4-9-15-22/h3-17H,18-20H2,1-2H3/b25-24+/t27-/m0/s1. The van der Waals surface area contributed by atoms with Crippen molar-refractivity contribution in [3.63, 3.8) is 0 Å². The third-order valence-corrected chi connectivity index (χ3v) is 6.09. The molecule has 152 valence electrons. The molecule has 0 aromatic heterocycles. The zero-order chi connectivity index (χ0) is 21.0. The van der Waals surface area contributed by atoms with Crippen LogP contribution in [0.25, 0.3) is 5.57 Å². The summed E-state index contributed by atoms with van der Waals surface area (Å²) in [5, 5.41) is 0. The van der Waals surface area contributed by atoms with Crippen molar-refractivity contribution >= 4 is 11.5 Å². The number of allylic oxidation sites excluding steroid dienone is 1. The molecule has 0 aliphatic carbocycles. The van der Waals surface area contributed by atoms with Crippen molar-refractivity contribution in [1.82, 2.24) is 4.90 Å². The van der Waals surface area contributed by atoms with E-state index in [1.807, 2.05) is 42.5 Å². The maximum Gasteiger partial charge on any atom is 0.340 e. The fraction of sp³-hybridized carbons (Fsp3) is 0.222. The molecule has 0 saturated carbocycles.